The molecule has 4 amide bonds. The first kappa shape index (κ1) is 35.1. The van der Waals surface area contributed by atoms with Crippen LogP contribution in [0.5, 0.6) is 0 Å². The number of fused-ring (bicyclic) bond motifs is 2. The molecule has 0 spiro atoms. The summed E-state index contributed by atoms with van der Waals surface area (Å²) in [4.78, 5) is 57.9. The van der Waals surface area contributed by atoms with Crippen molar-refractivity contribution in [1.29, 1.82) is 0 Å². The molecule has 48 heavy (non-hydrogen) atoms. The van der Waals surface area contributed by atoms with Gasteiger partial charge in [0.25, 0.3) is 0 Å². The summed E-state index contributed by atoms with van der Waals surface area (Å²) in [6, 6.07) is 13.9. The molecule has 4 aromatic rings. The largest absolute Gasteiger partial charge is 0.347 e. The summed E-state index contributed by atoms with van der Waals surface area (Å²) in [7, 11) is 0. The molecule has 2 aromatic carbocycles. The number of hydrogen-bond acceptors (Lipinski definition) is 6. The zero-order valence-corrected chi connectivity index (χ0v) is 29.2. The van der Waals surface area contributed by atoms with Gasteiger partial charge in [0.05, 0.1) is 23.5 Å². The van der Waals surface area contributed by atoms with Crippen LogP contribution < -0.4 is 26.2 Å². The Morgan fingerprint density at radius 2 is 1.90 bits per heavy atom. The van der Waals surface area contributed by atoms with Gasteiger partial charge in [-0.15, -0.1) is 12.4 Å². The highest BCUT2D eigenvalue weighted by molar-refractivity contribution is 7.07. The summed E-state index contributed by atoms with van der Waals surface area (Å²) in [5.74, 6) is -1.15. The van der Waals surface area contributed by atoms with Crippen LogP contribution in [0.2, 0.25) is 0 Å². The predicted molar refractivity (Wildman–Crippen MR) is 193 cm³/mol. The third-order valence-electron chi connectivity index (χ3n) is 8.92. The van der Waals surface area contributed by atoms with Gasteiger partial charge >= 0.3 is 0 Å². The number of thiophene rings is 1. The maximum atomic E-state index is 14.3. The van der Waals surface area contributed by atoms with E-state index < -0.39 is 29.4 Å². The van der Waals surface area contributed by atoms with Crippen LogP contribution in [0.15, 0.2) is 65.5 Å². The zero-order chi connectivity index (χ0) is 33.3. The minimum absolute atomic E-state index is 0. The van der Waals surface area contributed by atoms with E-state index in [0.717, 1.165) is 52.7 Å². The minimum Gasteiger partial charge on any atom is -0.347 e. The van der Waals surface area contributed by atoms with E-state index in [4.69, 9.17) is 5.73 Å². The van der Waals surface area contributed by atoms with E-state index in [9.17, 15) is 19.2 Å². The normalized spacial score (nSPS) is 16.9. The number of benzene rings is 2. The first-order chi connectivity index (χ1) is 22.5. The molecule has 1 saturated heterocycles. The van der Waals surface area contributed by atoms with Crippen molar-refractivity contribution >= 4 is 69.7 Å². The van der Waals surface area contributed by atoms with E-state index in [1.807, 2.05) is 59.4 Å². The molecule has 6 rings (SSSR count). The molecule has 254 valence electrons. The number of nitrogens with zero attached hydrogens (tertiary/aromatic N) is 3. The molecule has 2 atom stereocenters. The molecular formula is C36H43ClN6O4S. The summed E-state index contributed by atoms with van der Waals surface area (Å²) in [5.41, 5.74) is 10.2. The van der Waals surface area contributed by atoms with Crippen LogP contribution in [0.1, 0.15) is 56.7 Å². The first-order valence-electron chi connectivity index (χ1n) is 16.3. The Balaban J connectivity index is 0.00000451. The predicted octanol–water partition coefficient (Wildman–Crippen LogP) is 4.70. The number of carbonyl (C=O) groups is 4. The van der Waals surface area contributed by atoms with Gasteiger partial charge in [-0.2, -0.15) is 11.3 Å². The first-order valence-corrected chi connectivity index (χ1v) is 17.2. The molecule has 2 aromatic heterocycles. The number of nitrogens with one attached hydrogen (secondary N) is 2. The Kier molecular flexibility index (Phi) is 10.6. The maximum Gasteiger partial charge on any atom is 0.250 e. The molecule has 4 N–H and O–H groups in total. The Labute approximate surface area is 291 Å². The fourth-order valence-corrected chi connectivity index (χ4v) is 7.23. The molecule has 1 unspecified atom stereocenters. The number of anilines is 2. The highest BCUT2D eigenvalue weighted by Crippen LogP contribution is 2.40. The van der Waals surface area contributed by atoms with Crippen LogP contribution in [0.25, 0.3) is 10.9 Å². The van der Waals surface area contributed by atoms with E-state index in [1.165, 1.54) is 0 Å². The molecule has 0 aliphatic carbocycles. The molecular weight excluding hydrogens is 648 g/mol. The molecule has 10 nitrogen and oxygen atoms in total. The molecule has 12 heteroatoms. The summed E-state index contributed by atoms with van der Waals surface area (Å²) >= 11 is 1.55. The topological polar surface area (TPSA) is 130 Å². The van der Waals surface area contributed by atoms with Gasteiger partial charge in [0.15, 0.2) is 0 Å². The van der Waals surface area contributed by atoms with Crippen molar-refractivity contribution in [2.24, 2.45) is 5.73 Å². The van der Waals surface area contributed by atoms with E-state index in [0.29, 0.717) is 25.2 Å². The van der Waals surface area contributed by atoms with Crippen molar-refractivity contribution in [3.05, 3.63) is 82.2 Å². The van der Waals surface area contributed by atoms with Gasteiger partial charge in [-0.1, -0.05) is 37.3 Å². The Hall–Kier alpha value is -4.19. The second kappa shape index (κ2) is 14.5. The molecule has 0 bridgehead atoms. The third-order valence-corrected chi connectivity index (χ3v) is 9.66. The lowest BCUT2D eigenvalue weighted by atomic mass is 9.94. The monoisotopic (exact) mass is 690 g/mol. The Morgan fingerprint density at radius 3 is 2.58 bits per heavy atom. The molecule has 0 saturated carbocycles. The molecule has 4 heterocycles. The van der Waals surface area contributed by atoms with Crippen LogP contribution >= 0.6 is 23.7 Å². The fraction of sp³-hybridized carbons (Fsp3) is 0.389. The van der Waals surface area contributed by atoms with Gasteiger partial charge in [0.1, 0.15) is 12.1 Å². The van der Waals surface area contributed by atoms with Crippen LogP contribution in [-0.4, -0.2) is 52.4 Å². The average Bonchev–Trinajstić information content (AvgIpc) is 3.79. The lowest BCUT2D eigenvalue weighted by Crippen LogP contribution is -2.60. The SMILES string of the molecule is CCCn1cc(C[C@@H](NC(=O)C(C)(C)N)C(=O)NC2Cc3cccc(N4CCCC4=O)c3N(Cc3ccsc3)C2=O)c2ccccc21.Cl. The fourth-order valence-electron chi connectivity index (χ4n) is 6.57. The number of para-hydroxylation sites is 2. The number of carbonyl (C=O) groups excluding carboxylic acids is 4. The van der Waals surface area contributed by atoms with E-state index in [2.05, 4.69) is 28.2 Å². The summed E-state index contributed by atoms with van der Waals surface area (Å²) in [6.45, 7) is 7.03. The van der Waals surface area contributed by atoms with Crippen molar-refractivity contribution in [1.82, 2.24) is 15.2 Å². The smallest absolute Gasteiger partial charge is 0.250 e. The highest BCUT2D eigenvalue weighted by Gasteiger charge is 2.39. The van der Waals surface area contributed by atoms with Crippen LogP contribution in [-0.2, 0) is 45.1 Å². The summed E-state index contributed by atoms with van der Waals surface area (Å²) < 4.78 is 2.17. The van der Waals surface area contributed by atoms with Crippen molar-refractivity contribution in [2.45, 2.75) is 83.6 Å². The van der Waals surface area contributed by atoms with Gasteiger partial charge in [-0.3, -0.25) is 19.2 Å². The van der Waals surface area contributed by atoms with E-state index in [-0.39, 0.29) is 37.1 Å². The zero-order valence-electron chi connectivity index (χ0n) is 27.5. The molecule has 2 aliphatic heterocycles. The van der Waals surface area contributed by atoms with Crippen molar-refractivity contribution in [3.8, 4) is 0 Å². The number of amides is 4. The Morgan fingerprint density at radius 1 is 1.10 bits per heavy atom. The minimum atomic E-state index is -1.21. The average molecular weight is 691 g/mol. The van der Waals surface area contributed by atoms with E-state index >= 15 is 0 Å². The lowest BCUT2D eigenvalue weighted by Gasteiger charge is -2.37. The Bertz CT molecular complexity index is 1810. The van der Waals surface area contributed by atoms with Gasteiger partial charge in [-0.25, -0.2) is 0 Å². The van der Waals surface area contributed by atoms with Gasteiger partial charge < -0.3 is 30.7 Å². The third kappa shape index (κ3) is 7.13. The van der Waals surface area contributed by atoms with Gasteiger partial charge in [0, 0.05) is 49.5 Å². The highest BCUT2D eigenvalue weighted by atomic mass is 35.5. The number of halogens is 1. The number of nitrogens with two attached hydrogens (primary N) is 1. The van der Waals surface area contributed by atoms with Crippen LogP contribution in [0.4, 0.5) is 11.4 Å². The number of rotatable bonds is 11. The standard InChI is InChI=1S/C36H42N6O4S.ClH/c1-4-15-40-21-25(26-10-5-6-11-29(26)40)19-27(39-35(46)36(2,3)37)33(44)38-28-18-24-9-7-12-30(41-16-8-13-31(41)43)32(24)42(34(28)45)20-23-14-17-47-22-23;/h5-7,9-12,14,17,21-22,27-28H,4,8,13,15-16,18-20,37H2,1-3H3,(H,38,44)(H,39,46);1H/t27-,28?;/m1./s1. The molecule has 2 aliphatic rings. The molecule has 0 radical (unpaired) electrons. The second-order valence-electron chi connectivity index (χ2n) is 13.1. The summed E-state index contributed by atoms with van der Waals surface area (Å²) in [6.07, 6.45) is 4.71. The maximum absolute atomic E-state index is 14.3. The van der Waals surface area contributed by atoms with Crippen LogP contribution in [0, 0.1) is 0 Å². The quantitative estimate of drug-likeness (QED) is 0.210. The number of hydrogen-bond donors (Lipinski definition) is 3. The lowest BCUT2D eigenvalue weighted by molar-refractivity contribution is -0.133. The van der Waals surface area contributed by atoms with Gasteiger partial charge in [0.2, 0.25) is 23.6 Å². The summed E-state index contributed by atoms with van der Waals surface area (Å²) in [5, 5.41) is 10.8. The molecule has 1 fully saturated rings. The number of aromatic nitrogens is 1. The van der Waals surface area contributed by atoms with Crippen molar-refractivity contribution in [2.75, 3.05) is 16.3 Å². The van der Waals surface area contributed by atoms with Crippen molar-refractivity contribution < 1.29 is 19.2 Å². The second-order valence-corrected chi connectivity index (χ2v) is 13.9. The van der Waals surface area contributed by atoms with Crippen molar-refractivity contribution in [3.63, 3.8) is 0 Å². The number of aryl methyl sites for hydroxylation is 1. The van der Waals surface area contributed by atoms with Gasteiger partial charge in [-0.05, 0) is 72.3 Å². The van der Waals surface area contributed by atoms with Crippen LogP contribution in [0.3, 0.4) is 0 Å². The van der Waals surface area contributed by atoms with E-state index in [1.54, 1.807) is 35.0 Å².